The minimum atomic E-state index is -0.639. The molecule has 2 aromatic rings. The molecule has 1 N–H and O–H groups in total. The zero-order valence-electron chi connectivity index (χ0n) is 17.7. The third kappa shape index (κ3) is 8.36. The van der Waals surface area contributed by atoms with Crippen molar-refractivity contribution in [3.05, 3.63) is 69.5 Å². The highest BCUT2D eigenvalue weighted by Gasteiger charge is 2.25. The molecule has 0 aliphatic rings. The van der Waals surface area contributed by atoms with Crippen LogP contribution in [0.25, 0.3) is 0 Å². The van der Waals surface area contributed by atoms with Gasteiger partial charge in [-0.05, 0) is 48.7 Å². The van der Waals surface area contributed by atoms with Crippen LogP contribution >= 0.6 is 35.0 Å². The number of hydrogen-bond acceptors (Lipinski definition) is 3. The number of rotatable bonds is 11. The summed E-state index contributed by atoms with van der Waals surface area (Å²) in [5.41, 5.74) is 1.72. The van der Waals surface area contributed by atoms with Crippen molar-refractivity contribution in [1.29, 1.82) is 0 Å². The summed E-state index contributed by atoms with van der Waals surface area (Å²) in [5.74, 6) is 0.0908. The molecule has 0 saturated carbocycles. The van der Waals surface area contributed by atoms with E-state index in [0.717, 1.165) is 24.0 Å². The second-order valence-corrected chi connectivity index (χ2v) is 9.01. The Balaban J connectivity index is 2.04. The molecule has 168 valence electrons. The molecule has 0 heterocycles. The molecule has 0 aliphatic heterocycles. The number of thioether (sulfide) groups is 1. The fourth-order valence-corrected chi connectivity index (χ4v) is 4.05. The van der Waals surface area contributed by atoms with Gasteiger partial charge in [0.1, 0.15) is 11.9 Å². The van der Waals surface area contributed by atoms with Crippen LogP contribution in [0.5, 0.6) is 0 Å². The van der Waals surface area contributed by atoms with Gasteiger partial charge in [-0.25, -0.2) is 4.39 Å². The number of nitrogens with one attached hydrogen (secondary N) is 1. The molecular formula is C23H27Cl2FN2O2S. The molecule has 0 spiro atoms. The number of hydrogen-bond donors (Lipinski definition) is 1. The van der Waals surface area contributed by atoms with Gasteiger partial charge in [0, 0.05) is 18.8 Å². The molecular weight excluding hydrogens is 458 g/mol. The van der Waals surface area contributed by atoms with Gasteiger partial charge in [-0.15, -0.1) is 11.8 Å². The van der Waals surface area contributed by atoms with Crippen LogP contribution in [0.3, 0.4) is 0 Å². The third-order valence-electron chi connectivity index (χ3n) is 4.74. The zero-order valence-corrected chi connectivity index (χ0v) is 20.0. The van der Waals surface area contributed by atoms with E-state index in [1.807, 2.05) is 13.0 Å². The summed E-state index contributed by atoms with van der Waals surface area (Å²) >= 11 is 13.4. The van der Waals surface area contributed by atoms with Crippen molar-refractivity contribution in [3.63, 3.8) is 0 Å². The maximum atomic E-state index is 13.3. The molecule has 0 fully saturated rings. The molecule has 0 radical (unpaired) electrons. The van der Waals surface area contributed by atoms with E-state index in [0.29, 0.717) is 22.3 Å². The Bertz CT molecular complexity index is 880. The fourth-order valence-electron chi connectivity index (χ4n) is 2.87. The lowest BCUT2D eigenvalue weighted by atomic mass is 10.1. The molecule has 2 amide bonds. The van der Waals surface area contributed by atoms with E-state index in [1.165, 1.54) is 28.8 Å². The fraction of sp³-hybridized carbons (Fsp3) is 0.391. The number of benzene rings is 2. The van der Waals surface area contributed by atoms with E-state index in [2.05, 4.69) is 5.32 Å². The lowest BCUT2D eigenvalue weighted by molar-refractivity contribution is -0.138. The number of nitrogens with zero attached hydrogens (tertiary/aromatic N) is 1. The minimum absolute atomic E-state index is 0.160. The van der Waals surface area contributed by atoms with Crippen molar-refractivity contribution < 1.29 is 14.0 Å². The van der Waals surface area contributed by atoms with Crippen molar-refractivity contribution in [2.75, 3.05) is 12.3 Å². The molecule has 8 heteroatoms. The summed E-state index contributed by atoms with van der Waals surface area (Å²) in [6, 6.07) is 10.7. The first kappa shape index (κ1) is 25.5. The van der Waals surface area contributed by atoms with Gasteiger partial charge in [0.05, 0.1) is 15.8 Å². The number of unbranched alkanes of at least 4 members (excludes halogenated alkanes) is 1. The van der Waals surface area contributed by atoms with Gasteiger partial charge in [0.2, 0.25) is 11.8 Å². The smallest absolute Gasteiger partial charge is 0.242 e. The maximum Gasteiger partial charge on any atom is 0.242 e. The minimum Gasteiger partial charge on any atom is -0.354 e. The van der Waals surface area contributed by atoms with E-state index in [-0.39, 0.29) is 29.9 Å². The lowest BCUT2D eigenvalue weighted by Gasteiger charge is -2.28. The highest BCUT2D eigenvalue weighted by atomic mass is 35.5. The molecule has 0 unspecified atom stereocenters. The monoisotopic (exact) mass is 484 g/mol. The molecule has 1 atom stereocenters. The highest BCUT2D eigenvalue weighted by Crippen LogP contribution is 2.25. The van der Waals surface area contributed by atoms with Crippen LogP contribution in [0, 0.1) is 5.82 Å². The number of carbonyl (C=O) groups is 2. The normalized spacial score (nSPS) is 11.8. The number of carbonyl (C=O) groups excluding carboxylic acids is 2. The van der Waals surface area contributed by atoms with Gasteiger partial charge in [-0.3, -0.25) is 9.59 Å². The standard InChI is InChI=1S/C23H27Cl2FN2O2S/c1-3-4-11-27-23(30)16(2)28(13-17-5-8-19(26)9-6-17)22(29)15-31-14-18-7-10-20(24)21(25)12-18/h5-10,12,16H,3-4,11,13-15H2,1-2H3,(H,27,30)/t16-/m1/s1. The second kappa shape index (κ2) is 12.9. The molecule has 0 bridgehead atoms. The summed E-state index contributed by atoms with van der Waals surface area (Å²) < 4.78 is 13.3. The van der Waals surface area contributed by atoms with E-state index < -0.39 is 6.04 Å². The van der Waals surface area contributed by atoms with E-state index in [9.17, 15) is 14.0 Å². The van der Waals surface area contributed by atoms with Gasteiger partial charge >= 0.3 is 0 Å². The first-order valence-corrected chi connectivity index (χ1v) is 12.1. The summed E-state index contributed by atoms with van der Waals surface area (Å²) in [6.45, 7) is 4.57. The SMILES string of the molecule is CCCCNC(=O)[C@@H](C)N(Cc1ccc(F)cc1)C(=O)CSCc1ccc(Cl)c(Cl)c1. The predicted molar refractivity (Wildman–Crippen MR) is 127 cm³/mol. The van der Waals surface area contributed by atoms with E-state index in [4.69, 9.17) is 23.2 Å². The van der Waals surface area contributed by atoms with Crippen LogP contribution in [0.4, 0.5) is 4.39 Å². The third-order valence-corrected chi connectivity index (χ3v) is 6.47. The van der Waals surface area contributed by atoms with Crippen molar-refractivity contribution in [1.82, 2.24) is 10.2 Å². The molecule has 0 saturated heterocycles. The van der Waals surface area contributed by atoms with E-state index in [1.54, 1.807) is 31.2 Å². The molecule has 31 heavy (non-hydrogen) atoms. The Kier molecular flexibility index (Phi) is 10.6. The first-order valence-electron chi connectivity index (χ1n) is 10.1. The second-order valence-electron chi connectivity index (χ2n) is 7.21. The van der Waals surface area contributed by atoms with Gasteiger partial charge in [-0.1, -0.05) is 54.7 Å². The van der Waals surface area contributed by atoms with Crippen LogP contribution in [0.2, 0.25) is 10.0 Å². The molecule has 0 aliphatic carbocycles. The van der Waals surface area contributed by atoms with Crippen LogP contribution in [-0.2, 0) is 21.9 Å². The van der Waals surface area contributed by atoms with Crippen LogP contribution in [0.1, 0.15) is 37.8 Å². The summed E-state index contributed by atoms with van der Waals surface area (Å²) in [7, 11) is 0. The summed E-state index contributed by atoms with van der Waals surface area (Å²) in [4.78, 5) is 27.1. The molecule has 2 rings (SSSR count). The Labute approximate surface area is 197 Å². The highest BCUT2D eigenvalue weighted by molar-refractivity contribution is 7.99. The van der Waals surface area contributed by atoms with Crippen LogP contribution in [0.15, 0.2) is 42.5 Å². The molecule has 4 nitrogen and oxygen atoms in total. The van der Waals surface area contributed by atoms with E-state index >= 15 is 0 Å². The topological polar surface area (TPSA) is 49.4 Å². The number of halogens is 3. The Morgan fingerprint density at radius 1 is 1.10 bits per heavy atom. The van der Waals surface area contributed by atoms with Crippen molar-refractivity contribution in [2.45, 2.75) is 45.0 Å². The Morgan fingerprint density at radius 3 is 2.42 bits per heavy atom. The quantitative estimate of drug-likeness (QED) is 0.416. The van der Waals surface area contributed by atoms with Gasteiger partial charge in [0.15, 0.2) is 0 Å². The molecule has 0 aromatic heterocycles. The van der Waals surface area contributed by atoms with Gasteiger partial charge in [-0.2, -0.15) is 0 Å². The maximum absolute atomic E-state index is 13.3. The Hall–Kier alpha value is -1.76. The average molecular weight is 485 g/mol. The first-order chi connectivity index (χ1) is 14.8. The average Bonchev–Trinajstić information content (AvgIpc) is 2.75. The van der Waals surface area contributed by atoms with Gasteiger partial charge in [0.25, 0.3) is 0 Å². The summed E-state index contributed by atoms with van der Waals surface area (Å²) in [5, 5.41) is 3.84. The van der Waals surface area contributed by atoms with Crippen molar-refractivity contribution in [2.24, 2.45) is 0 Å². The van der Waals surface area contributed by atoms with Crippen LogP contribution in [-0.4, -0.2) is 35.1 Å². The van der Waals surface area contributed by atoms with Gasteiger partial charge < -0.3 is 10.2 Å². The zero-order chi connectivity index (χ0) is 22.8. The molecule has 2 aromatic carbocycles. The van der Waals surface area contributed by atoms with Crippen LogP contribution < -0.4 is 5.32 Å². The van der Waals surface area contributed by atoms with Crippen molar-refractivity contribution in [3.8, 4) is 0 Å². The lowest BCUT2D eigenvalue weighted by Crippen LogP contribution is -2.48. The predicted octanol–water partition coefficient (Wildman–Crippen LogP) is 5.70. The Morgan fingerprint density at radius 2 is 1.77 bits per heavy atom. The number of amides is 2. The largest absolute Gasteiger partial charge is 0.354 e. The van der Waals surface area contributed by atoms with Crippen molar-refractivity contribution >= 4 is 46.8 Å². The summed E-state index contributed by atoms with van der Waals surface area (Å²) in [6.07, 6.45) is 1.85.